The van der Waals surface area contributed by atoms with E-state index in [1.165, 1.54) is 12.8 Å². The standard InChI is InChI=1S/C17H22N2O3/c18-16(20)12-7-5-11(6-8-12)10-19-14-4-2-1-3-13(14)9-15(19)17(21)22/h5-8,13-15H,1-4,9-10H2,(H2,18,20)(H,21,22)/t13-,14+,15-/m0/s1. The van der Waals surface area contributed by atoms with Crippen molar-refractivity contribution in [3.05, 3.63) is 35.4 Å². The summed E-state index contributed by atoms with van der Waals surface area (Å²) >= 11 is 0. The SMILES string of the molecule is NC(=O)c1ccc(CN2[C@@H]3CCCC[C@H]3C[C@H]2C(=O)O)cc1. The van der Waals surface area contributed by atoms with Crippen LogP contribution in [0.15, 0.2) is 24.3 Å². The third kappa shape index (κ3) is 2.86. The molecule has 1 aliphatic heterocycles. The fraction of sp³-hybridized carbons (Fsp3) is 0.529. The Morgan fingerprint density at radius 2 is 1.86 bits per heavy atom. The van der Waals surface area contributed by atoms with Gasteiger partial charge in [0.2, 0.25) is 5.91 Å². The Morgan fingerprint density at radius 3 is 2.50 bits per heavy atom. The maximum atomic E-state index is 11.6. The minimum absolute atomic E-state index is 0.380. The van der Waals surface area contributed by atoms with Crippen molar-refractivity contribution in [1.82, 2.24) is 4.90 Å². The van der Waals surface area contributed by atoms with E-state index in [1.807, 2.05) is 12.1 Å². The quantitative estimate of drug-likeness (QED) is 0.891. The number of carboxylic acid groups (broad SMARTS) is 1. The molecule has 0 unspecified atom stereocenters. The van der Waals surface area contributed by atoms with Gasteiger partial charge in [0.05, 0.1) is 0 Å². The molecule has 1 heterocycles. The maximum absolute atomic E-state index is 11.6. The summed E-state index contributed by atoms with van der Waals surface area (Å²) in [5, 5.41) is 9.52. The Balaban J connectivity index is 1.78. The molecule has 1 aromatic rings. The topological polar surface area (TPSA) is 83.6 Å². The van der Waals surface area contributed by atoms with E-state index in [2.05, 4.69) is 4.90 Å². The van der Waals surface area contributed by atoms with Gasteiger partial charge in [-0.1, -0.05) is 25.0 Å². The second-order valence-corrected chi connectivity index (χ2v) is 6.44. The normalized spacial score (nSPS) is 28.3. The van der Waals surface area contributed by atoms with Gasteiger partial charge in [-0.25, -0.2) is 0 Å². The fourth-order valence-electron chi connectivity index (χ4n) is 4.01. The highest BCUT2D eigenvalue weighted by molar-refractivity contribution is 5.92. The Morgan fingerprint density at radius 1 is 1.18 bits per heavy atom. The first-order valence-electron chi connectivity index (χ1n) is 7.93. The monoisotopic (exact) mass is 302 g/mol. The van der Waals surface area contributed by atoms with Gasteiger partial charge in [-0.15, -0.1) is 0 Å². The summed E-state index contributed by atoms with van der Waals surface area (Å²) in [7, 11) is 0. The van der Waals surface area contributed by atoms with Crippen molar-refractivity contribution < 1.29 is 14.7 Å². The second kappa shape index (κ2) is 6.08. The Bertz CT molecular complexity index is 570. The number of hydrogen-bond donors (Lipinski definition) is 2. The zero-order valence-electron chi connectivity index (χ0n) is 12.6. The minimum atomic E-state index is -0.719. The van der Waals surface area contributed by atoms with E-state index < -0.39 is 11.9 Å². The van der Waals surface area contributed by atoms with Gasteiger partial charge >= 0.3 is 5.97 Å². The molecule has 2 aliphatic rings. The number of primary amides is 1. The number of amides is 1. The number of carbonyl (C=O) groups excluding carboxylic acids is 1. The van der Waals surface area contributed by atoms with E-state index in [1.54, 1.807) is 12.1 Å². The summed E-state index contributed by atoms with van der Waals surface area (Å²) in [6, 6.07) is 7.16. The van der Waals surface area contributed by atoms with Crippen molar-refractivity contribution in [3.63, 3.8) is 0 Å². The van der Waals surface area contributed by atoms with Crippen molar-refractivity contribution in [2.75, 3.05) is 0 Å². The van der Waals surface area contributed by atoms with Crippen LogP contribution in [0.3, 0.4) is 0 Å². The molecule has 5 nitrogen and oxygen atoms in total. The Hall–Kier alpha value is -1.88. The molecule has 0 radical (unpaired) electrons. The number of carbonyl (C=O) groups is 2. The predicted octanol–water partition coefficient (Wildman–Crippen LogP) is 2.00. The van der Waals surface area contributed by atoms with E-state index >= 15 is 0 Å². The largest absolute Gasteiger partial charge is 0.480 e. The first-order chi connectivity index (χ1) is 10.6. The first-order valence-corrected chi connectivity index (χ1v) is 7.93. The minimum Gasteiger partial charge on any atom is -0.480 e. The highest BCUT2D eigenvalue weighted by atomic mass is 16.4. The zero-order valence-corrected chi connectivity index (χ0v) is 12.6. The van der Waals surface area contributed by atoms with Crippen LogP contribution in [0, 0.1) is 5.92 Å². The molecule has 3 atom stereocenters. The lowest BCUT2D eigenvalue weighted by Gasteiger charge is -2.33. The van der Waals surface area contributed by atoms with Crippen molar-refractivity contribution >= 4 is 11.9 Å². The van der Waals surface area contributed by atoms with Crippen LogP contribution in [0.5, 0.6) is 0 Å². The van der Waals surface area contributed by atoms with E-state index in [0.29, 0.717) is 24.1 Å². The molecule has 5 heteroatoms. The summed E-state index contributed by atoms with van der Waals surface area (Å²) in [4.78, 5) is 24.9. The van der Waals surface area contributed by atoms with Crippen molar-refractivity contribution in [2.24, 2.45) is 11.7 Å². The molecule has 118 valence electrons. The highest BCUT2D eigenvalue weighted by Gasteiger charge is 2.44. The third-order valence-corrected chi connectivity index (χ3v) is 5.11. The van der Waals surface area contributed by atoms with Crippen LogP contribution in [0.2, 0.25) is 0 Å². The molecule has 2 fully saturated rings. The van der Waals surface area contributed by atoms with Crippen LogP contribution in [-0.2, 0) is 11.3 Å². The molecule has 1 saturated carbocycles. The molecule has 1 aliphatic carbocycles. The van der Waals surface area contributed by atoms with Gasteiger partial charge in [-0.2, -0.15) is 0 Å². The molecular weight excluding hydrogens is 280 g/mol. The lowest BCUT2D eigenvalue weighted by Crippen LogP contribution is -2.41. The molecule has 0 aromatic heterocycles. The van der Waals surface area contributed by atoms with Crippen molar-refractivity contribution in [2.45, 2.75) is 50.7 Å². The summed E-state index contributed by atoms with van der Waals surface area (Å²) in [6.07, 6.45) is 5.40. The molecule has 3 rings (SSSR count). The van der Waals surface area contributed by atoms with Gasteiger partial charge in [0.25, 0.3) is 0 Å². The lowest BCUT2D eigenvalue weighted by atomic mass is 9.84. The zero-order chi connectivity index (χ0) is 15.7. The number of fused-ring (bicyclic) bond motifs is 1. The summed E-state index contributed by atoms with van der Waals surface area (Å²) in [5.41, 5.74) is 6.76. The van der Waals surface area contributed by atoms with Crippen LogP contribution in [0.4, 0.5) is 0 Å². The van der Waals surface area contributed by atoms with Gasteiger partial charge in [0.1, 0.15) is 6.04 Å². The van der Waals surface area contributed by atoms with Crippen LogP contribution in [-0.4, -0.2) is 34.0 Å². The number of nitrogens with zero attached hydrogens (tertiary/aromatic N) is 1. The molecule has 3 N–H and O–H groups in total. The molecule has 22 heavy (non-hydrogen) atoms. The molecule has 0 bridgehead atoms. The van der Waals surface area contributed by atoms with E-state index in [-0.39, 0.29) is 6.04 Å². The number of rotatable bonds is 4. The Kier molecular flexibility index (Phi) is 4.16. The molecule has 0 spiro atoms. The predicted molar refractivity (Wildman–Crippen MR) is 82.3 cm³/mol. The maximum Gasteiger partial charge on any atom is 0.320 e. The number of carboxylic acids is 1. The van der Waals surface area contributed by atoms with Gasteiger partial charge < -0.3 is 10.8 Å². The lowest BCUT2D eigenvalue weighted by molar-refractivity contribution is -0.142. The first kappa shape index (κ1) is 15.0. The van der Waals surface area contributed by atoms with Gasteiger partial charge in [0, 0.05) is 18.2 Å². The average molecular weight is 302 g/mol. The van der Waals surface area contributed by atoms with Gasteiger partial charge in [-0.05, 0) is 42.9 Å². The van der Waals surface area contributed by atoms with Crippen LogP contribution < -0.4 is 5.73 Å². The van der Waals surface area contributed by atoms with Crippen LogP contribution in [0.1, 0.15) is 48.0 Å². The van der Waals surface area contributed by atoms with Crippen LogP contribution >= 0.6 is 0 Å². The highest BCUT2D eigenvalue weighted by Crippen LogP contribution is 2.40. The van der Waals surface area contributed by atoms with Gasteiger partial charge in [-0.3, -0.25) is 14.5 Å². The van der Waals surface area contributed by atoms with E-state index in [0.717, 1.165) is 24.8 Å². The number of nitrogens with two attached hydrogens (primary N) is 1. The smallest absolute Gasteiger partial charge is 0.320 e. The Labute approximate surface area is 130 Å². The fourth-order valence-corrected chi connectivity index (χ4v) is 4.01. The van der Waals surface area contributed by atoms with Gasteiger partial charge in [0.15, 0.2) is 0 Å². The number of hydrogen-bond acceptors (Lipinski definition) is 3. The number of aliphatic carboxylic acids is 1. The molecule has 1 saturated heterocycles. The molecule has 1 aromatic carbocycles. The molecule has 1 amide bonds. The van der Waals surface area contributed by atoms with Crippen molar-refractivity contribution in [1.29, 1.82) is 0 Å². The van der Waals surface area contributed by atoms with Crippen LogP contribution in [0.25, 0.3) is 0 Å². The van der Waals surface area contributed by atoms with Crippen molar-refractivity contribution in [3.8, 4) is 0 Å². The average Bonchev–Trinajstić information content (AvgIpc) is 2.87. The summed E-state index contributed by atoms with van der Waals surface area (Å²) in [5.74, 6) is -0.647. The summed E-state index contributed by atoms with van der Waals surface area (Å²) < 4.78 is 0. The third-order valence-electron chi connectivity index (χ3n) is 5.11. The molecular formula is C17H22N2O3. The number of benzene rings is 1. The van der Waals surface area contributed by atoms with E-state index in [4.69, 9.17) is 5.73 Å². The summed E-state index contributed by atoms with van der Waals surface area (Å²) in [6.45, 7) is 0.622. The second-order valence-electron chi connectivity index (χ2n) is 6.44. The number of likely N-dealkylation sites (tertiary alicyclic amines) is 1. The van der Waals surface area contributed by atoms with E-state index in [9.17, 15) is 14.7 Å².